The average Bonchev–Trinajstić information content (AvgIpc) is 2.35. The lowest BCUT2D eigenvalue weighted by molar-refractivity contribution is 0.129. The van der Waals surface area contributed by atoms with Crippen LogP contribution in [0.3, 0.4) is 0 Å². The Balaban J connectivity index is 2.51. The number of rotatable bonds is 6. The molecule has 0 amide bonds. The maximum absolute atomic E-state index is 9.04. The van der Waals surface area contributed by atoms with Crippen molar-refractivity contribution in [1.29, 1.82) is 0 Å². The zero-order valence-corrected chi connectivity index (χ0v) is 14.9. The highest BCUT2D eigenvalue weighted by molar-refractivity contribution is 6.74. The molecule has 0 saturated heterocycles. The lowest BCUT2D eigenvalue weighted by atomic mass is 9.80. The van der Waals surface area contributed by atoms with Crippen LogP contribution in [0.2, 0.25) is 18.1 Å². The Morgan fingerprint density at radius 2 is 1.67 bits per heavy atom. The van der Waals surface area contributed by atoms with E-state index < -0.39 is 15.4 Å². The summed E-state index contributed by atoms with van der Waals surface area (Å²) >= 11 is 0. The van der Waals surface area contributed by atoms with E-state index in [-0.39, 0.29) is 11.1 Å². The van der Waals surface area contributed by atoms with Gasteiger partial charge in [-0.05, 0) is 42.7 Å². The van der Waals surface area contributed by atoms with Crippen molar-refractivity contribution in [3.8, 4) is 5.75 Å². The van der Waals surface area contributed by atoms with Crippen LogP contribution in [0, 0.1) is 0 Å². The molecule has 0 aliphatic heterocycles. The number of benzene rings is 1. The summed E-state index contributed by atoms with van der Waals surface area (Å²) in [7, 11) is -3.22. The second-order valence-electron chi connectivity index (χ2n) is 6.94. The van der Waals surface area contributed by atoms with Gasteiger partial charge in [-0.3, -0.25) is 0 Å². The summed E-state index contributed by atoms with van der Waals surface area (Å²) in [6.45, 7) is 13.6. The Bertz CT molecular complexity index is 440. The van der Waals surface area contributed by atoms with E-state index in [2.05, 4.69) is 33.9 Å². The van der Waals surface area contributed by atoms with Gasteiger partial charge in [-0.2, -0.15) is 0 Å². The van der Waals surface area contributed by atoms with Crippen LogP contribution < -0.4 is 10.2 Å². The van der Waals surface area contributed by atoms with Crippen LogP contribution in [-0.2, 0) is 4.43 Å². The minimum Gasteiger partial charge on any atom is -0.491 e. The van der Waals surface area contributed by atoms with Gasteiger partial charge in [-0.25, -0.2) is 0 Å². The summed E-state index contributed by atoms with van der Waals surface area (Å²) in [6, 6.07) is 6.74. The molecule has 118 valence electrons. The first-order chi connectivity index (χ1) is 9.53. The van der Waals surface area contributed by atoms with Gasteiger partial charge >= 0.3 is 7.12 Å². The fourth-order valence-electron chi connectivity index (χ4n) is 1.66. The number of hydrogen-bond acceptors (Lipinski definition) is 4. The van der Waals surface area contributed by atoms with Gasteiger partial charge in [0, 0.05) is 0 Å². The molecule has 0 spiro atoms. The summed E-state index contributed by atoms with van der Waals surface area (Å²) in [4.78, 5) is 0. The van der Waals surface area contributed by atoms with Crippen LogP contribution in [0.1, 0.15) is 27.7 Å². The van der Waals surface area contributed by atoms with E-state index in [1.54, 1.807) is 24.3 Å². The van der Waals surface area contributed by atoms with E-state index in [0.29, 0.717) is 17.8 Å². The Hall–Kier alpha value is -0.818. The van der Waals surface area contributed by atoms with Crippen LogP contribution in [0.25, 0.3) is 0 Å². The zero-order chi connectivity index (χ0) is 16.3. The van der Waals surface area contributed by atoms with E-state index >= 15 is 0 Å². The second-order valence-corrected chi connectivity index (χ2v) is 11.7. The molecule has 4 nitrogen and oxygen atoms in total. The summed E-state index contributed by atoms with van der Waals surface area (Å²) in [6.07, 6.45) is 0.0222. The van der Waals surface area contributed by atoms with E-state index in [1.165, 1.54) is 0 Å². The van der Waals surface area contributed by atoms with E-state index in [9.17, 15) is 0 Å². The third-order valence-electron chi connectivity index (χ3n) is 3.96. The molecule has 1 atom stereocenters. The highest BCUT2D eigenvalue weighted by atomic mass is 28.4. The minimum absolute atomic E-state index is 0.0222. The molecular weight excluding hydrogens is 283 g/mol. The van der Waals surface area contributed by atoms with Gasteiger partial charge in [0.05, 0.1) is 6.10 Å². The molecule has 2 N–H and O–H groups in total. The van der Waals surface area contributed by atoms with Crippen LogP contribution in [-0.4, -0.2) is 38.2 Å². The molecule has 21 heavy (non-hydrogen) atoms. The molecule has 0 aromatic heterocycles. The molecule has 1 aromatic carbocycles. The van der Waals surface area contributed by atoms with Crippen LogP contribution in [0.5, 0.6) is 5.75 Å². The Kier molecular flexibility index (Phi) is 6.04. The summed E-state index contributed by atoms with van der Waals surface area (Å²) in [5, 5.41) is 18.3. The molecule has 0 aliphatic rings. The van der Waals surface area contributed by atoms with Crippen molar-refractivity contribution in [2.75, 3.05) is 6.61 Å². The lowest BCUT2D eigenvalue weighted by Crippen LogP contribution is -2.44. The number of hydrogen-bond donors (Lipinski definition) is 2. The highest BCUT2D eigenvalue weighted by Gasteiger charge is 2.38. The molecule has 1 rings (SSSR count). The molecular formula is C15H27BO4Si. The summed E-state index contributed by atoms with van der Waals surface area (Å²) < 4.78 is 11.9. The fraction of sp³-hybridized carbons (Fsp3) is 0.600. The van der Waals surface area contributed by atoms with Crippen LogP contribution in [0.4, 0.5) is 0 Å². The standard InChI is InChI=1S/C15H27BO4Si/c1-12(20-21(5,6)15(2,3)4)11-19-14-9-7-13(8-10-14)16(17)18/h7-10,12,17-18H,11H2,1-6H3. The van der Waals surface area contributed by atoms with Gasteiger partial charge in [0.15, 0.2) is 8.32 Å². The molecule has 0 bridgehead atoms. The summed E-state index contributed by atoms with van der Waals surface area (Å²) in [5.74, 6) is 0.699. The molecule has 0 saturated carbocycles. The Labute approximate surface area is 129 Å². The first kappa shape index (κ1) is 18.2. The predicted octanol–water partition coefficient (Wildman–Crippen LogP) is 2.16. The van der Waals surface area contributed by atoms with Crippen molar-refractivity contribution in [2.24, 2.45) is 0 Å². The summed E-state index contributed by atoms with van der Waals surface area (Å²) in [5.41, 5.74) is 0.452. The molecule has 0 heterocycles. The van der Waals surface area contributed by atoms with Gasteiger partial charge in [-0.1, -0.05) is 32.9 Å². The maximum atomic E-state index is 9.04. The molecule has 0 radical (unpaired) electrons. The third kappa shape index (κ3) is 5.47. The predicted molar refractivity (Wildman–Crippen MR) is 89.5 cm³/mol. The molecule has 0 aliphatic carbocycles. The SMILES string of the molecule is CC(COc1ccc(B(O)O)cc1)O[Si](C)(C)C(C)(C)C. The normalized spacial score (nSPS) is 13.9. The lowest BCUT2D eigenvalue weighted by Gasteiger charge is -2.38. The van der Waals surface area contributed by atoms with Gasteiger partial charge in [0.2, 0.25) is 0 Å². The molecule has 1 aromatic rings. The topological polar surface area (TPSA) is 58.9 Å². The molecule has 1 unspecified atom stereocenters. The monoisotopic (exact) mass is 310 g/mol. The van der Waals surface area contributed by atoms with Crippen molar-refractivity contribution >= 4 is 20.9 Å². The Morgan fingerprint density at radius 1 is 1.14 bits per heavy atom. The van der Waals surface area contributed by atoms with Crippen molar-refractivity contribution in [1.82, 2.24) is 0 Å². The average molecular weight is 310 g/mol. The van der Waals surface area contributed by atoms with Gasteiger partial charge in [0.25, 0.3) is 0 Å². The minimum atomic E-state index is -1.78. The van der Waals surface area contributed by atoms with Crippen molar-refractivity contribution in [3.63, 3.8) is 0 Å². The fourth-order valence-corrected chi connectivity index (χ4v) is 3.09. The van der Waals surface area contributed by atoms with E-state index in [4.69, 9.17) is 19.2 Å². The highest BCUT2D eigenvalue weighted by Crippen LogP contribution is 2.37. The van der Waals surface area contributed by atoms with Crippen molar-refractivity contribution < 1.29 is 19.2 Å². The zero-order valence-electron chi connectivity index (χ0n) is 13.9. The van der Waals surface area contributed by atoms with E-state index in [1.807, 2.05) is 6.92 Å². The quantitative estimate of drug-likeness (QED) is 0.791. The van der Waals surface area contributed by atoms with Crippen LogP contribution in [0.15, 0.2) is 24.3 Å². The van der Waals surface area contributed by atoms with Crippen molar-refractivity contribution in [3.05, 3.63) is 24.3 Å². The largest absolute Gasteiger partial charge is 0.491 e. The van der Waals surface area contributed by atoms with Gasteiger partial charge < -0.3 is 19.2 Å². The van der Waals surface area contributed by atoms with E-state index in [0.717, 1.165) is 0 Å². The Morgan fingerprint density at radius 3 is 2.10 bits per heavy atom. The smallest absolute Gasteiger partial charge is 0.488 e. The van der Waals surface area contributed by atoms with Crippen LogP contribution >= 0.6 is 0 Å². The molecule has 0 fully saturated rings. The van der Waals surface area contributed by atoms with Crippen molar-refractivity contribution in [2.45, 2.75) is 51.9 Å². The first-order valence-electron chi connectivity index (χ1n) is 7.29. The second kappa shape index (κ2) is 6.96. The first-order valence-corrected chi connectivity index (χ1v) is 10.2. The van der Waals surface area contributed by atoms with Gasteiger partial charge in [0.1, 0.15) is 12.4 Å². The third-order valence-corrected chi connectivity index (χ3v) is 8.57. The maximum Gasteiger partial charge on any atom is 0.488 e. The molecule has 6 heteroatoms. The van der Waals surface area contributed by atoms with Gasteiger partial charge in [-0.15, -0.1) is 0 Å². The number of ether oxygens (including phenoxy) is 1.